The summed E-state index contributed by atoms with van der Waals surface area (Å²) in [5, 5.41) is 14.2. The van der Waals surface area contributed by atoms with Crippen molar-refractivity contribution in [3.05, 3.63) is 33.9 Å². The van der Waals surface area contributed by atoms with Crippen LogP contribution in [-0.2, 0) is 6.54 Å². The van der Waals surface area contributed by atoms with Crippen molar-refractivity contribution in [3.8, 4) is 18.1 Å². The van der Waals surface area contributed by atoms with Crippen molar-refractivity contribution in [2.24, 2.45) is 0 Å². The Labute approximate surface area is 113 Å². The fraction of sp³-hybridized carbons (Fsp3) is 0.429. The van der Waals surface area contributed by atoms with Crippen molar-refractivity contribution in [1.82, 2.24) is 5.32 Å². The van der Waals surface area contributed by atoms with Crippen molar-refractivity contribution in [2.75, 3.05) is 13.2 Å². The summed E-state index contributed by atoms with van der Waals surface area (Å²) < 4.78 is 5.31. The van der Waals surface area contributed by atoms with Crippen LogP contribution >= 0.6 is 0 Å². The first-order valence-electron chi connectivity index (χ1n) is 6.23. The minimum Gasteiger partial charge on any atom is -0.486 e. The van der Waals surface area contributed by atoms with E-state index in [0.29, 0.717) is 13.0 Å². The number of nitro groups is 1. The van der Waals surface area contributed by atoms with Gasteiger partial charge in [0, 0.05) is 19.0 Å². The zero-order valence-electron chi connectivity index (χ0n) is 11.0. The molecule has 0 aliphatic rings. The SMILES string of the molecule is C#CCCOc1ccc(CNCCC)cc1[N+](=O)[O-]. The Kier molecular flexibility index (Phi) is 6.41. The van der Waals surface area contributed by atoms with Crippen molar-refractivity contribution in [2.45, 2.75) is 26.3 Å². The Morgan fingerprint density at radius 3 is 2.95 bits per heavy atom. The highest BCUT2D eigenvalue weighted by Crippen LogP contribution is 2.28. The average Bonchev–Trinajstić information content (AvgIpc) is 2.40. The van der Waals surface area contributed by atoms with Crippen molar-refractivity contribution in [1.29, 1.82) is 0 Å². The molecule has 0 bridgehead atoms. The maximum Gasteiger partial charge on any atom is 0.311 e. The van der Waals surface area contributed by atoms with Gasteiger partial charge in [0.2, 0.25) is 0 Å². The predicted octanol–water partition coefficient (Wildman–Crippen LogP) is 2.50. The van der Waals surface area contributed by atoms with Crippen LogP contribution in [0.2, 0.25) is 0 Å². The van der Waals surface area contributed by atoms with E-state index >= 15 is 0 Å². The van der Waals surface area contributed by atoms with Crippen LogP contribution in [0.5, 0.6) is 5.75 Å². The Morgan fingerprint density at radius 1 is 1.53 bits per heavy atom. The molecule has 5 nitrogen and oxygen atoms in total. The third-order valence-corrected chi connectivity index (χ3v) is 2.48. The standard InChI is InChI=1S/C14H18N2O3/c1-3-5-9-19-14-7-6-12(11-15-8-4-2)10-13(14)16(17)18/h1,6-7,10,15H,4-5,8-9,11H2,2H3. The quantitative estimate of drug-likeness (QED) is 0.338. The number of nitrogens with zero attached hydrogens (tertiary/aromatic N) is 1. The molecule has 0 spiro atoms. The van der Waals surface area contributed by atoms with Crippen LogP contribution in [0.1, 0.15) is 25.3 Å². The molecule has 0 saturated heterocycles. The number of terminal acetylenes is 1. The molecule has 0 aliphatic carbocycles. The van der Waals surface area contributed by atoms with E-state index < -0.39 is 4.92 Å². The lowest BCUT2D eigenvalue weighted by Crippen LogP contribution is -2.14. The van der Waals surface area contributed by atoms with Gasteiger partial charge in [-0.2, -0.15) is 0 Å². The van der Waals surface area contributed by atoms with Crippen molar-refractivity contribution >= 4 is 5.69 Å². The summed E-state index contributed by atoms with van der Waals surface area (Å²) in [6.45, 7) is 3.84. The van der Waals surface area contributed by atoms with Gasteiger partial charge in [0.15, 0.2) is 5.75 Å². The number of benzene rings is 1. The molecule has 0 aliphatic heterocycles. The molecule has 5 heteroatoms. The maximum absolute atomic E-state index is 11.0. The molecule has 0 amide bonds. The highest BCUT2D eigenvalue weighted by molar-refractivity contribution is 5.48. The number of hydrogen-bond donors (Lipinski definition) is 1. The van der Waals surface area contributed by atoms with Gasteiger partial charge in [0.1, 0.15) is 0 Å². The maximum atomic E-state index is 11.0. The topological polar surface area (TPSA) is 64.4 Å². The average molecular weight is 262 g/mol. The summed E-state index contributed by atoms with van der Waals surface area (Å²) in [7, 11) is 0. The number of ether oxygens (including phenoxy) is 1. The minimum atomic E-state index is -0.436. The second-order valence-corrected chi connectivity index (χ2v) is 4.04. The van der Waals surface area contributed by atoms with Gasteiger partial charge in [-0.1, -0.05) is 13.0 Å². The van der Waals surface area contributed by atoms with Gasteiger partial charge in [-0.3, -0.25) is 10.1 Å². The molecule has 1 aromatic carbocycles. The van der Waals surface area contributed by atoms with E-state index in [1.54, 1.807) is 6.07 Å². The summed E-state index contributed by atoms with van der Waals surface area (Å²) in [6.07, 6.45) is 6.56. The Morgan fingerprint density at radius 2 is 2.32 bits per heavy atom. The van der Waals surface area contributed by atoms with Crippen LogP contribution in [0.25, 0.3) is 0 Å². The molecule has 0 unspecified atom stereocenters. The minimum absolute atomic E-state index is 0.0205. The zero-order valence-corrected chi connectivity index (χ0v) is 11.0. The van der Waals surface area contributed by atoms with Crippen LogP contribution in [0.15, 0.2) is 18.2 Å². The van der Waals surface area contributed by atoms with E-state index in [-0.39, 0.29) is 18.0 Å². The third kappa shape index (κ3) is 4.98. The molecular formula is C14H18N2O3. The first kappa shape index (κ1) is 15.0. The number of nitrogens with one attached hydrogen (secondary N) is 1. The first-order valence-corrected chi connectivity index (χ1v) is 6.23. The van der Waals surface area contributed by atoms with Crippen LogP contribution in [0, 0.1) is 22.5 Å². The molecule has 0 saturated carbocycles. The Hall–Kier alpha value is -2.06. The Balaban J connectivity index is 2.77. The summed E-state index contributed by atoms with van der Waals surface area (Å²) in [6, 6.07) is 4.98. The normalized spacial score (nSPS) is 9.89. The first-order chi connectivity index (χ1) is 9.19. The molecule has 0 heterocycles. The van der Waals surface area contributed by atoms with E-state index in [9.17, 15) is 10.1 Å². The van der Waals surface area contributed by atoms with E-state index in [2.05, 4.69) is 18.2 Å². The van der Waals surface area contributed by atoms with Crippen LogP contribution in [0.3, 0.4) is 0 Å². The number of rotatable bonds is 8. The lowest BCUT2D eigenvalue weighted by atomic mass is 10.2. The molecule has 1 aromatic rings. The molecule has 0 atom stereocenters. The second-order valence-electron chi connectivity index (χ2n) is 4.04. The van der Waals surface area contributed by atoms with E-state index in [0.717, 1.165) is 18.5 Å². The van der Waals surface area contributed by atoms with E-state index in [4.69, 9.17) is 11.2 Å². The smallest absolute Gasteiger partial charge is 0.311 e. The fourth-order valence-electron chi connectivity index (χ4n) is 1.57. The molecule has 1 N–H and O–H groups in total. The molecule has 1 rings (SSSR count). The Bertz CT molecular complexity index is 466. The summed E-state index contributed by atoms with van der Waals surface area (Å²) in [5.41, 5.74) is 0.845. The summed E-state index contributed by atoms with van der Waals surface area (Å²) in [5.74, 6) is 2.69. The largest absolute Gasteiger partial charge is 0.486 e. The summed E-state index contributed by atoms with van der Waals surface area (Å²) in [4.78, 5) is 10.6. The monoisotopic (exact) mass is 262 g/mol. The van der Waals surface area contributed by atoms with Crippen LogP contribution in [-0.4, -0.2) is 18.1 Å². The zero-order chi connectivity index (χ0) is 14.1. The van der Waals surface area contributed by atoms with Crippen molar-refractivity contribution in [3.63, 3.8) is 0 Å². The van der Waals surface area contributed by atoms with Gasteiger partial charge < -0.3 is 10.1 Å². The van der Waals surface area contributed by atoms with E-state index in [1.165, 1.54) is 6.07 Å². The molecular weight excluding hydrogens is 244 g/mol. The van der Waals surface area contributed by atoms with Gasteiger partial charge in [-0.15, -0.1) is 12.3 Å². The highest BCUT2D eigenvalue weighted by atomic mass is 16.6. The third-order valence-electron chi connectivity index (χ3n) is 2.48. The van der Waals surface area contributed by atoms with E-state index in [1.807, 2.05) is 6.07 Å². The van der Waals surface area contributed by atoms with Gasteiger partial charge in [0.25, 0.3) is 0 Å². The van der Waals surface area contributed by atoms with Crippen LogP contribution < -0.4 is 10.1 Å². The molecule has 0 fully saturated rings. The van der Waals surface area contributed by atoms with Crippen molar-refractivity contribution < 1.29 is 9.66 Å². The van der Waals surface area contributed by atoms with Gasteiger partial charge in [-0.25, -0.2) is 0 Å². The fourth-order valence-corrected chi connectivity index (χ4v) is 1.57. The lowest BCUT2D eigenvalue weighted by molar-refractivity contribution is -0.385. The number of hydrogen-bond acceptors (Lipinski definition) is 4. The van der Waals surface area contributed by atoms with Gasteiger partial charge in [0.05, 0.1) is 11.5 Å². The molecule has 102 valence electrons. The number of nitro benzene ring substituents is 1. The van der Waals surface area contributed by atoms with Gasteiger partial charge in [-0.05, 0) is 24.6 Å². The van der Waals surface area contributed by atoms with Crippen LogP contribution in [0.4, 0.5) is 5.69 Å². The summed E-state index contributed by atoms with van der Waals surface area (Å²) >= 11 is 0. The predicted molar refractivity (Wildman–Crippen MR) is 74.0 cm³/mol. The second kappa shape index (κ2) is 8.11. The molecule has 0 aromatic heterocycles. The highest BCUT2D eigenvalue weighted by Gasteiger charge is 2.15. The lowest BCUT2D eigenvalue weighted by Gasteiger charge is -2.07. The van der Waals surface area contributed by atoms with Gasteiger partial charge >= 0.3 is 5.69 Å². The molecule has 19 heavy (non-hydrogen) atoms. The molecule has 0 radical (unpaired) electrons.